The Bertz CT molecular complexity index is 244. The van der Waals surface area contributed by atoms with E-state index in [9.17, 15) is 5.11 Å². The Kier molecular flexibility index (Phi) is 2.93. The second-order valence-electron chi connectivity index (χ2n) is 3.31. The van der Waals surface area contributed by atoms with E-state index in [1.54, 1.807) is 5.51 Å². The molecule has 0 radical (unpaired) electrons. The van der Waals surface area contributed by atoms with Gasteiger partial charge in [0.25, 0.3) is 0 Å². The molecule has 72 valence electrons. The summed E-state index contributed by atoms with van der Waals surface area (Å²) in [6, 6.07) is 0. The molecule has 2 heterocycles. The zero-order valence-electron chi connectivity index (χ0n) is 7.35. The molecular weight excluding hydrogens is 186 g/mol. The van der Waals surface area contributed by atoms with Gasteiger partial charge in [0.2, 0.25) is 0 Å². The predicted molar refractivity (Wildman–Crippen MR) is 50.6 cm³/mol. The third kappa shape index (κ3) is 2.07. The highest BCUT2D eigenvalue weighted by molar-refractivity contribution is 7.07. The third-order valence-corrected chi connectivity index (χ3v) is 3.07. The number of aromatic nitrogens is 1. The zero-order chi connectivity index (χ0) is 9.10. The molecule has 1 atom stereocenters. The smallest absolute Gasteiger partial charge is 0.0998 e. The number of aliphatic hydroxyl groups excluding tert-OH is 1. The summed E-state index contributed by atoms with van der Waals surface area (Å²) in [5.41, 5.74) is 2.58. The molecule has 1 N–H and O–H groups in total. The number of thiazole rings is 1. The Morgan fingerprint density at radius 3 is 2.92 bits per heavy atom. The van der Waals surface area contributed by atoms with E-state index in [4.69, 9.17) is 4.74 Å². The second-order valence-corrected chi connectivity index (χ2v) is 4.03. The van der Waals surface area contributed by atoms with Crippen molar-refractivity contribution in [2.24, 2.45) is 5.92 Å². The van der Waals surface area contributed by atoms with Crippen LogP contribution >= 0.6 is 11.3 Å². The fraction of sp³-hybridized carbons (Fsp3) is 0.667. The van der Waals surface area contributed by atoms with E-state index >= 15 is 0 Å². The Morgan fingerprint density at radius 1 is 1.54 bits per heavy atom. The van der Waals surface area contributed by atoms with E-state index < -0.39 is 6.10 Å². The predicted octanol–water partition coefficient (Wildman–Crippen LogP) is 1.60. The molecule has 1 saturated heterocycles. The first-order valence-corrected chi connectivity index (χ1v) is 5.46. The van der Waals surface area contributed by atoms with Crippen molar-refractivity contribution >= 4 is 11.3 Å². The lowest BCUT2D eigenvalue weighted by Gasteiger charge is -2.25. The summed E-state index contributed by atoms with van der Waals surface area (Å²) in [6.45, 7) is 1.54. The van der Waals surface area contributed by atoms with Gasteiger partial charge in [-0.25, -0.2) is 4.98 Å². The molecule has 0 aliphatic carbocycles. The maximum Gasteiger partial charge on any atom is 0.0998 e. The lowest BCUT2D eigenvalue weighted by atomic mass is 9.92. The van der Waals surface area contributed by atoms with Gasteiger partial charge in [0.05, 0.1) is 17.3 Å². The fourth-order valence-corrected chi connectivity index (χ4v) is 2.22. The van der Waals surface area contributed by atoms with Crippen LogP contribution in [0.3, 0.4) is 0 Å². The van der Waals surface area contributed by atoms with E-state index in [-0.39, 0.29) is 0 Å². The van der Waals surface area contributed by atoms with E-state index in [0.717, 1.165) is 31.7 Å². The van der Waals surface area contributed by atoms with Gasteiger partial charge in [0.15, 0.2) is 0 Å². The van der Waals surface area contributed by atoms with Crippen molar-refractivity contribution in [3.63, 3.8) is 0 Å². The Hall–Kier alpha value is -0.450. The molecule has 0 saturated carbocycles. The van der Waals surface area contributed by atoms with Crippen LogP contribution in [0, 0.1) is 5.92 Å². The second kappa shape index (κ2) is 4.17. The SMILES string of the molecule is OC(c1cscn1)C1CCOCC1. The summed E-state index contributed by atoms with van der Waals surface area (Å²) >= 11 is 1.53. The first-order valence-electron chi connectivity index (χ1n) is 4.52. The molecule has 1 fully saturated rings. The highest BCUT2D eigenvalue weighted by atomic mass is 32.1. The highest BCUT2D eigenvalue weighted by Gasteiger charge is 2.24. The minimum Gasteiger partial charge on any atom is -0.386 e. The van der Waals surface area contributed by atoms with Crippen molar-refractivity contribution < 1.29 is 9.84 Å². The average molecular weight is 199 g/mol. The van der Waals surface area contributed by atoms with Crippen molar-refractivity contribution in [1.82, 2.24) is 4.98 Å². The van der Waals surface area contributed by atoms with E-state index in [2.05, 4.69) is 4.98 Å². The molecular formula is C9H13NO2S. The standard InChI is InChI=1S/C9H13NO2S/c11-9(8-5-13-6-10-8)7-1-3-12-4-2-7/h5-7,9,11H,1-4H2. The van der Waals surface area contributed by atoms with Gasteiger partial charge < -0.3 is 9.84 Å². The van der Waals surface area contributed by atoms with Crippen molar-refractivity contribution in [3.05, 3.63) is 16.6 Å². The topological polar surface area (TPSA) is 42.4 Å². The van der Waals surface area contributed by atoms with Crippen molar-refractivity contribution in [1.29, 1.82) is 0 Å². The largest absolute Gasteiger partial charge is 0.386 e. The molecule has 0 aromatic carbocycles. The van der Waals surface area contributed by atoms with E-state index in [1.165, 1.54) is 11.3 Å². The number of ether oxygens (including phenoxy) is 1. The van der Waals surface area contributed by atoms with Crippen LogP contribution in [0.1, 0.15) is 24.6 Å². The van der Waals surface area contributed by atoms with Crippen LogP contribution in [0.5, 0.6) is 0 Å². The van der Waals surface area contributed by atoms with Crippen LogP contribution in [-0.2, 0) is 4.74 Å². The van der Waals surface area contributed by atoms with Gasteiger partial charge in [0, 0.05) is 18.6 Å². The number of aliphatic hydroxyl groups is 1. The van der Waals surface area contributed by atoms with Gasteiger partial charge in [-0.2, -0.15) is 0 Å². The lowest BCUT2D eigenvalue weighted by Crippen LogP contribution is -2.22. The van der Waals surface area contributed by atoms with E-state index in [0.29, 0.717) is 5.92 Å². The summed E-state index contributed by atoms with van der Waals surface area (Å²) in [4.78, 5) is 4.12. The Balaban J connectivity index is 1.99. The highest BCUT2D eigenvalue weighted by Crippen LogP contribution is 2.29. The Morgan fingerprint density at radius 2 is 2.31 bits per heavy atom. The minimum absolute atomic E-state index is 0.329. The summed E-state index contributed by atoms with van der Waals surface area (Å²) in [5, 5.41) is 11.8. The van der Waals surface area contributed by atoms with Gasteiger partial charge in [-0.1, -0.05) is 0 Å². The van der Waals surface area contributed by atoms with E-state index in [1.807, 2.05) is 5.38 Å². The molecule has 1 aliphatic heterocycles. The molecule has 1 aliphatic rings. The van der Waals surface area contributed by atoms with Crippen LogP contribution in [0.15, 0.2) is 10.9 Å². The molecule has 2 rings (SSSR count). The molecule has 1 aromatic rings. The summed E-state index contributed by atoms with van der Waals surface area (Å²) in [7, 11) is 0. The maximum atomic E-state index is 9.92. The molecule has 1 unspecified atom stereocenters. The quantitative estimate of drug-likeness (QED) is 0.786. The molecule has 0 amide bonds. The van der Waals surface area contributed by atoms with Gasteiger partial charge in [0.1, 0.15) is 0 Å². The molecule has 3 nitrogen and oxygen atoms in total. The molecule has 13 heavy (non-hydrogen) atoms. The van der Waals surface area contributed by atoms with Crippen LogP contribution < -0.4 is 0 Å². The van der Waals surface area contributed by atoms with Gasteiger partial charge in [-0.05, 0) is 18.8 Å². The molecule has 0 spiro atoms. The van der Waals surface area contributed by atoms with Crippen molar-refractivity contribution in [2.45, 2.75) is 18.9 Å². The lowest BCUT2D eigenvalue weighted by molar-refractivity contribution is 0.00580. The van der Waals surface area contributed by atoms with Gasteiger partial charge >= 0.3 is 0 Å². The summed E-state index contributed by atoms with van der Waals surface area (Å²) in [5.74, 6) is 0.329. The monoisotopic (exact) mass is 199 g/mol. The van der Waals surface area contributed by atoms with Crippen LogP contribution in [0.4, 0.5) is 0 Å². The zero-order valence-corrected chi connectivity index (χ0v) is 8.17. The maximum absolute atomic E-state index is 9.92. The van der Waals surface area contributed by atoms with Gasteiger partial charge in [-0.15, -0.1) is 11.3 Å². The third-order valence-electron chi connectivity index (χ3n) is 2.47. The molecule has 0 bridgehead atoms. The number of nitrogens with zero attached hydrogens (tertiary/aromatic N) is 1. The Labute approximate surface area is 81.4 Å². The fourth-order valence-electron chi connectivity index (χ4n) is 1.64. The molecule has 1 aromatic heterocycles. The normalized spacial score (nSPS) is 21.6. The van der Waals surface area contributed by atoms with Crippen LogP contribution in [0.2, 0.25) is 0 Å². The summed E-state index contributed by atoms with van der Waals surface area (Å²) < 4.78 is 5.24. The number of hydrogen-bond acceptors (Lipinski definition) is 4. The van der Waals surface area contributed by atoms with Crippen LogP contribution in [-0.4, -0.2) is 23.3 Å². The summed E-state index contributed by atoms with van der Waals surface area (Å²) in [6.07, 6.45) is 1.49. The first kappa shape index (κ1) is 9.12. The van der Waals surface area contributed by atoms with Crippen molar-refractivity contribution in [3.8, 4) is 0 Å². The number of rotatable bonds is 2. The van der Waals surface area contributed by atoms with Gasteiger partial charge in [-0.3, -0.25) is 0 Å². The average Bonchev–Trinajstić information content (AvgIpc) is 2.71. The minimum atomic E-state index is -0.393. The first-order chi connectivity index (χ1) is 6.38. The number of hydrogen-bond donors (Lipinski definition) is 1. The van der Waals surface area contributed by atoms with Crippen LogP contribution in [0.25, 0.3) is 0 Å². The van der Waals surface area contributed by atoms with Crippen molar-refractivity contribution in [2.75, 3.05) is 13.2 Å². The molecule has 4 heteroatoms.